The van der Waals surface area contributed by atoms with E-state index in [1.54, 1.807) is 46.2 Å². The number of nitrogens with zero attached hydrogens (tertiary/aromatic N) is 2. The number of piperazine rings is 1. The molecule has 2 aromatic rings. The van der Waals surface area contributed by atoms with Crippen LogP contribution in [-0.4, -0.2) is 60.2 Å². The molecule has 0 saturated carbocycles. The summed E-state index contributed by atoms with van der Waals surface area (Å²) < 4.78 is 5.50. The molecular formula is C20H22N4O3. The van der Waals surface area contributed by atoms with Gasteiger partial charge in [0.25, 0.3) is 11.8 Å². The van der Waals surface area contributed by atoms with Crippen LogP contribution in [0.15, 0.2) is 54.6 Å². The first kappa shape index (κ1) is 18.4. The Morgan fingerprint density at radius 1 is 0.889 bits per heavy atom. The normalized spacial score (nSPS) is 13.9. The maximum absolute atomic E-state index is 12.6. The molecule has 140 valence electrons. The molecule has 0 atom stereocenters. The lowest BCUT2D eigenvalue weighted by Crippen LogP contribution is -2.51. The Kier molecular flexibility index (Phi) is 5.71. The zero-order chi connectivity index (χ0) is 19.2. The van der Waals surface area contributed by atoms with Gasteiger partial charge in [0.2, 0.25) is 0 Å². The first-order valence-electron chi connectivity index (χ1n) is 8.74. The summed E-state index contributed by atoms with van der Waals surface area (Å²) in [7, 11) is 0. The number of carbonyl (C=O) groups is 2. The van der Waals surface area contributed by atoms with Crippen molar-refractivity contribution in [3.63, 3.8) is 0 Å². The molecule has 27 heavy (non-hydrogen) atoms. The highest BCUT2D eigenvalue weighted by Crippen LogP contribution is 2.12. The number of nitrogens with one attached hydrogen (secondary N) is 1. The lowest BCUT2D eigenvalue weighted by Gasteiger charge is -2.34. The highest BCUT2D eigenvalue weighted by Gasteiger charge is 2.25. The lowest BCUT2D eigenvalue weighted by atomic mass is 10.1. The van der Waals surface area contributed by atoms with Crippen LogP contribution in [0, 0.1) is 5.41 Å². The highest BCUT2D eigenvalue weighted by molar-refractivity contribution is 5.98. The first-order chi connectivity index (χ1) is 13.0. The molecule has 0 aromatic heterocycles. The number of ether oxygens (including phenoxy) is 1. The molecule has 0 aliphatic carbocycles. The van der Waals surface area contributed by atoms with Crippen molar-refractivity contribution in [3.05, 3.63) is 65.7 Å². The number of nitrogen functional groups attached to an aromatic ring is 1. The molecule has 1 fully saturated rings. The molecule has 1 aliphatic heterocycles. The minimum Gasteiger partial charge on any atom is -0.484 e. The van der Waals surface area contributed by atoms with E-state index in [2.05, 4.69) is 0 Å². The molecular weight excluding hydrogens is 344 g/mol. The quantitative estimate of drug-likeness (QED) is 0.616. The Morgan fingerprint density at radius 2 is 1.44 bits per heavy atom. The van der Waals surface area contributed by atoms with Crippen molar-refractivity contribution in [1.29, 1.82) is 5.41 Å². The topological polar surface area (TPSA) is 99.7 Å². The summed E-state index contributed by atoms with van der Waals surface area (Å²) in [5.41, 5.74) is 6.56. The smallest absolute Gasteiger partial charge is 0.260 e. The fourth-order valence-corrected chi connectivity index (χ4v) is 2.89. The Morgan fingerprint density at radius 3 is 2.04 bits per heavy atom. The molecule has 0 unspecified atom stereocenters. The van der Waals surface area contributed by atoms with Crippen LogP contribution in [0.4, 0.5) is 0 Å². The van der Waals surface area contributed by atoms with Crippen LogP contribution in [0.3, 0.4) is 0 Å². The van der Waals surface area contributed by atoms with Crippen molar-refractivity contribution < 1.29 is 14.3 Å². The molecule has 2 aromatic carbocycles. The van der Waals surface area contributed by atoms with E-state index in [0.29, 0.717) is 43.1 Å². The average molecular weight is 366 g/mol. The van der Waals surface area contributed by atoms with Gasteiger partial charge in [-0.2, -0.15) is 0 Å². The predicted molar refractivity (Wildman–Crippen MR) is 102 cm³/mol. The van der Waals surface area contributed by atoms with Crippen LogP contribution < -0.4 is 10.5 Å². The van der Waals surface area contributed by atoms with Gasteiger partial charge in [0.1, 0.15) is 11.6 Å². The van der Waals surface area contributed by atoms with E-state index in [0.717, 1.165) is 0 Å². The summed E-state index contributed by atoms with van der Waals surface area (Å²) in [6, 6.07) is 15.9. The molecule has 2 amide bonds. The first-order valence-corrected chi connectivity index (χ1v) is 8.74. The Hall–Kier alpha value is -3.35. The van der Waals surface area contributed by atoms with E-state index in [1.807, 2.05) is 18.2 Å². The summed E-state index contributed by atoms with van der Waals surface area (Å²) in [4.78, 5) is 28.3. The predicted octanol–water partition coefficient (Wildman–Crippen LogP) is 1.33. The third-order valence-electron chi connectivity index (χ3n) is 4.47. The Bertz CT molecular complexity index is 813. The second-order valence-corrected chi connectivity index (χ2v) is 6.27. The van der Waals surface area contributed by atoms with Crippen molar-refractivity contribution in [2.75, 3.05) is 32.8 Å². The molecule has 0 radical (unpaired) electrons. The lowest BCUT2D eigenvalue weighted by molar-refractivity contribution is -0.134. The Balaban J connectivity index is 1.49. The SMILES string of the molecule is N=C(N)c1ccc(C(=O)N2CCN(C(=O)COc3ccccc3)CC2)cc1. The van der Waals surface area contributed by atoms with Gasteiger partial charge < -0.3 is 20.3 Å². The van der Waals surface area contributed by atoms with Gasteiger partial charge in [-0.05, 0) is 24.3 Å². The third-order valence-corrected chi connectivity index (χ3v) is 4.47. The van der Waals surface area contributed by atoms with Crippen LogP contribution in [0.2, 0.25) is 0 Å². The molecule has 7 heteroatoms. The fraction of sp³-hybridized carbons (Fsp3) is 0.250. The van der Waals surface area contributed by atoms with E-state index in [9.17, 15) is 9.59 Å². The number of amidine groups is 1. The van der Waals surface area contributed by atoms with Crippen molar-refractivity contribution >= 4 is 17.6 Å². The number of nitrogens with two attached hydrogens (primary N) is 1. The maximum Gasteiger partial charge on any atom is 0.260 e. The van der Waals surface area contributed by atoms with Crippen LogP contribution >= 0.6 is 0 Å². The van der Waals surface area contributed by atoms with Crippen molar-refractivity contribution in [3.8, 4) is 5.75 Å². The number of amides is 2. The van der Waals surface area contributed by atoms with Crippen LogP contribution in [0.1, 0.15) is 15.9 Å². The maximum atomic E-state index is 12.6. The molecule has 0 bridgehead atoms. The molecule has 1 aliphatic rings. The highest BCUT2D eigenvalue weighted by atomic mass is 16.5. The van der Waals surface area contributed by atoms with Crippen molar-refractivity contribution in [2.45, 2.75) is 0 Å². The minimum atomic E-state index is -0.0863. The number of benzene rings is 2. The molecule has 3 rings (SSSR count). The van der Waals surface area contributed by atoms with Crippen LogP contribution in [0.5, 0.6) is 5.75 Å². The van der Waals surface area contributed by atoms with E-state index >= 15 is 0 Å². The standard InChI is InChI=1S/C20H22N4O3/c21-19(22)15-6-8-16(9-7-15)20(26)24-12-10-23(11-13-24)18(25)14-27-17-4-2-1-3-5-17/h1-9H,10-14H2,(H3,21,22). The summed E-state index contributed by atoms with van der Waals surface area (Å²) in [5, 5.41) is 7.40. The molecule has 0 spiro atoms. The van der Waals surface area contributed by atoms with Gasteiger partial charge in [0.15, 0.2) is 6.61 Å². The fourth-order valence-electron chi connectivity index (χ4n) is 2.89. The summed E-state index contributed by atoms with van der Waals surface area (Å²) in [6.07, 6.45) is 0. The van der Waals surface area contributed by atoms with Gasteiger partial charge in [0, 0.05) is 37.3 Å². The second kappa shape index (κ2) is 8.35. The number of hydrogen-bond acceptors (Lipinski definition) is 4. The number of carbonyl (C=O) groups excluding carboxylic acids is 2. The summed E-state index contributed by atoms with van der Waals surface area (Å²) >= 11 is 0. The van der Waals surface area contributed by atoms with E-state index < -0.39 is 0 Å². The number of para-hydroxylation sites is 1. The molecule has 3 N–H and O–H groups in total. The van der Waals surface area contributed by atoms with Crippen molar-refractivity contribution in [1.82, 2.24) is 9.80 Å². The number of hydrogen-bond donors (Lipinski definition) is 2. The second-order valence-electron chi connectivity index (χ2n) is 6.27. The average Bonchev–Trinajstić information content (AvgIpc) is 2.72. The molecule has 1 heterocycles. The minimum absolute atomic E-state index is 0.00946. The summed E-state index contributed by atoms with van der Waals surface area (Å²) in [6.45, 7) is 1.90. The van der Waals surface area contributed by atoms with E-state index in [4.69, 9.17) is 15.9 Å². The van der Waals surface area contributed by atoms with Crippen LogP contribution in [0.25, 0.3) is 0 Å². The number of rotatable bonds is 5. The Labute approximate surface area is 157 Å². The van der Waals surface area contributed by atoms with Gasteiger partial charge in [-0.1, -0.05) is 30.3 Å². The van der Waals surface area contributed by atoms with Gasteiger partial charge in [-0.15, -0.1) is 0 Å². The van der Waals surface area contributed by atoms with Gasteiger partial charge in [0.05, 0.1) is 0 Å². The monoisotopic (exact) mass is 366 g/mol. The zero-order valence-corrected chi connectivity index (χ0v) is 14.9. The zero-order valence-electron chi connectivity index (χ0n) is 14.9. The van der Waals surface area contributed by atoms with Gasteiger partial charge in [-0.3, -0.25) is 15.0 Å². The largest absolute Gasteiger partial charge is 0.484 e. The molecule has 1 saturated heterocycles. The van der Waals surface area contributed by atoms with E-state index in [1.165, 1.54) is 0 Å². The summed E-state index contributed by atoms with van der Waals surface area (Å²) in [5.74, 6) is 0.460. The molecule has 7 nitrogen and oxygen atoms in total. The third kappa shape index (κ3) is 4.63. The van der Waals surface area contributed by atoms with Gasteiger partial charge >= 0.3 is 0 Å². The van der Waals surface area contributed by atoms with Crippen molar-refractivity contribution in [2.24, 2.45) is 5.73 Å². The van der Waals surface area contributed by atoms with Gasteiger partial charge in [-0.25, -0.2) is 0 Å². The van der Waals surface area contributed by atoms with E-state index in [-0.39, 0.29) is 24.3 Å². The van der Waals surface area contributed by atoms with Crippen LogP contribution in [-0.2, 0) is 4.79 Å².